The van der Waals surface area contributed by atoms with Crippen LogP contribution in [0.25, 0.3) is 0 Å². The highest BCUT2D eigenvalue weighted by Crippen LogP contribution is 2.41. The Morgan fingerprint density at radius 3 is 2.15 bits per heavy atom. The van der Waals surface area contributed by atoms with Crippen molar-refractivity contribution in [3.8, 4) is 5.75 Å². The van der Waals surface area contributed by atoms with Crippen LogP contribution < -0.4 is 4.74 Å². The van der Waals surface area contributed by atoms with Gasteiger partial charge in [-0.1, -0.05) is 71.6 Å². The second-order valence-corrected chi connectivity index (χ2v) is 11.6. The highest BCUT2D eigenvalue weighted by molar-refractivity contribution is 9.10. The lowest BCUT2D eigenvalue weighted by Gasteiger charge is -2.37. The number of esters is 1. The van der Waals surface area contributed by atoms with Gasteiger partial charge in [0.2, 0.25) is 0 Å². The minimum Gasteiger partial charge on any atom is -0.492 e. The molecule has 2 aliphatic rings. The average Bonchev–Trinajstić information content (AvgIpc) is 2.86. The van der Waals surface area contributed by atoms with E-state index >= 15 is 0 Å². The topological polar surface area (TPSA) is 35.5 Å². The van der Waals surface area contributed by atoms with Gasteiger partial charge in [-0.05, 0) is 96.8 Å². The summed E-state index contributed by atoms with van der Waals surface area (Å²) in [6.45, 7) is 5.25. The highest BCUT2D eigenvalue weighted by atomic mass is 79.9. The van der Waals surface area contributed by atoms with Crippen molar-refractivity contribution in [2.24, 2.45) is 17.8 Å². The minimum absolute atomic E-state index is 0.0717. The van der Waals surface area contributed by atoms with Crippen LogP contribution in [0.15, 0.2) is 22.7 Å². The van der Waals surface area contributed by atoms with Crippen molar-refractivity contribution in [3.63, 3.8) is 0 Å². The smallest absolute Gasteiger partial charge is 0.338 e. The maximum Gasteiger partial charge on any atom is 0.338 e. The number of rotatable bonds is 13. The van der Waals surface area contributed by atoms with Gasteiger partial charge < -0.3 is 9.47 Å². The zero-order valence-electron chi connectivity index (χ0n) is 21.7. The first kappa shape index (κ1) is 27.6. The number of hydrogen-bond acceptors (Lipinski definition) is 3. The van der Waals surface area contributed by atoms with Crippen molar-refractivity contribution in [3.05, 3.63) is 28.2 Å². The molecule has 4 heteroatoms. The Hall–Kier alpha value is -1.03. The van der Waals surface area contributed by atoms with E-state index in [1.807, 2.05) is 18.2 Å². The first-order chi connectivity index (χ1) is 16.6. The first-order valence-corrected chi connectivity index (χ1v) is 15.0. The number of hydrogen-bond donors (Lipinski definition) is 0. The van der Waals surface area contributed by atoms with E-state index < -0.39 is 0 Å². The van der Waals surface area contributed by atoms with E-state index in [-0.39, 0.29) is 12.1 Å². The molecule has 1 aromatic carbocycles. The van der Waals surface area contributed by atoms with Gasteiger partial charge in [-0.2, -0.15) is 0 Å². The van der Waals surface area contributed by atoms with Crippen LogP contribution in [0.2, 0.25) is 0 Å². The van der Waals surface area contributed by atoms with Gasteiger partial charge >= 0.3 is 5.97 Å². The summed E-state index contributed by atoms with van der Waals surface area (Å²) in [6, 6.07) is 5.57. The lowest BCUT2D eigenvalue weighted by atomic mass is 9.70. The van der Waals surface area contributed by atoms with Gasteiger partial charge in [0.05, 0.1) is 16.6 Å². The molecule has 0 aliphatic heterocycles. The lowest BCUT2D eigenvalue weighted by Crippen LogP contribution is -2.29. The van der Waals surface area contributed by atoms with Gasteiger partial charge in [-0.25, -0.2) is 4.79 Å². The van der Waals surface area contributed by atoms with Gasteiger partial charge in [-0.3, -0.25) is 0 Å². The fourth-order valence-electron chi connectivity index (χ4n) is 5.97. The molecule has 3 rings (SSSR count). The lowest BCUT2D eigenvalue weighted by molar-refractivity contribution is 0.0109. The molecular weight excluding hydrogens is 488 g/mol. The molecule has 0 heterocycles. The second kappa shape index (κ2) is 15.2. The number of carbonyl (C=O) groups excluding carboxylic acids is 1. The predicted octanol–water partition coefficient (Wildman–Crippen LogP) is 9.51. The minimum atomic E-state index is -0.202. The summed E-state index contributed by atoms with van der Waals surface area (Å²) in [6.07, 6.45) is 20.5. The summed E-state index contributed by atoms with van der Waals surface area (Å²) in [7, 11) is 0. The third-order valence-corrected chi connectivity index (χ3v) is 8.81. The molecule has 3 nitrogen and oxygen atoms in total. The van der Waals surface area contributed by atoms with Crippen molar-refractivity contribution in [1.29, 1.82) is 0 Å². The Morgan fingerprint density at radius 1 is 0.853 bits per heavy atom. The summed E-state index contributed by atoms with van der Waals surface area (Å²) < 4.78 is 12.6. The molecule has 0 N–H and O–H groups in total. The fraction of sp³-hybridized carbons (Fsp3) is 0.767. The van der Waals surface area contributed by atoms with Crippen molar-refractivity contribution < 1.29 is 14.3 Å². The van der Waals surface area contributed by atoms with Gasteiger partial charge in [-0.15, -0.1) is 0 Å². The number of halogens is 1. The van der Waals surface area contributed by atoms with Crippen molar-refractivity contribution in [2.75, 3.05) is 6.61 Å². The fourth-order valence-corrected chi connectivity index (χ4v) is 6.46. The van der Waals surface area contributed by atoms with Gasteiger partial charge in [0.1, 0.15) is 11.9 Å². The Bertz CT molecular complexity index is 718. The van der Waals surface area contributed by atoms with Gasteiger partial charge in [0.15, 0.2) is 0 Å². The Labute approximate surface area is 216 Å². The van der Waals surface area contributed by atoms with Crippen LogP contribution in [0.5, 0.6) is 5.75 Å². The quantitative estimate of drug-likeness (QED) is 0.186. The second-order valence-electron chi connectivity index (χ2n) is 10.8. The number of unbranched alkanes of at least 4 members (excludes halogenated alkanes) is 5. The Morgan fingerprint density at radius 2 is 1.50 bits per heavy atom. The standard InChI is InChI=1S/C30H47BrO3/c1-3-5-7-8-9-21-33-29-20-17-26(22-28(29)31)30(32)34-27-18-15-25(16-19-27)24-13-11-23(12-14-24)10-6-4-2/h17,20,22-25,27H,3-16,18-19,21H2,1-2H3. The molecule has 0 amide bonds. The molecule has 0 spiro atoms. The molecule has 1 aromatic rings. The van der Waals surface area contributed by atoms with Gasteiger partial charge in [0, 0.05) is 0 Å². The molecule has 0 unspecified atom stereocenters. The van der Waals surface area contributed by atoms with E-state index in [1.54, 1.807) is 0 Å². The molecule has 0 atom stereocenters. The summed E-state index contributed by atoms with van der Waals surface area (Å²) in [5.41, 5.74) is 0.606. The number of ether oxygens (including phenoxy) is 2. The van der Waals surface area contributed by atoms with Crippen LogP contribution in [-0.2, 0) is 4.74 Å². The monoisotopic (exact) mass is 534 g/mol. The van der Waals surface area contributed by atoms with Crippen LogP contribution in [0.4, 0.5) is 0 Å². The normalized spacial score (nSPS) is 25.1. The summed E-state index contributed by atoms with van der Waals surface area (Å²) in [4.78, 5) is 12.8. The predicted molar refractivity (Wildman–Crippen MR) is 145 cm³/mol. The first-order valence-electron chi connectivity index (χ1n) is 14.2. The van der Waals surface area contributed by atoms with E-state index in [4.69, 9.17) is 9.47 Å². The van der Waals surface area contributed by atoms with E-state index in [9.17, 15) is 4.79 Å². The van der Waals surface area contributed by atoms with Crippen LogP contribution >= 0.6 is 15.9 Å². The Balaban J connectivity index is 1.36. The van der Waals surface area contributed by atoms with E-state index in [1.165, 1.54) is 83.5 Å². The van der Waals surface area contributed by atoms with E-state index in [0.29, 0.717) is 5.56 Å². The maximum atomic E-state index is 12.8. The summed E-state index contributed by atoms with van der Waals surface area (Å²) >= 11 is 3.57. The van der Waals surface area contributed by atoms with Gasteiger partial charge in [0.25, 0.3) is 0 Å². The van der Waals surface area contributed by atoms with E-state index in [0.717, 1.165) is 53.8 Å². The summed E-state index contributed by atoms with van der Waals surface area (Å²) in [5.74, 6) is 3.33. The maximum absolute atomic E-state index is 12.8. The molecule has 2 aliphatic carbocycles. The van der Waals surface area contributed by atoms with Crippen molar-refractivity contribution in [1.82, 2.24) is 0 Å². The molecule has 0 radical (unpaired) electrons. The summed E-state index contributed by atoms with van der Waals surface area (Å²) in [5, 5.41) is 0. The van der Waals surface area contributed by atoms with Crippen molar-refractivity contribution >= 4 is 21.9 Å². The van der Waals surface area contributed by atoms with Crippen molar-refractivity contribution in [2.45, 2.75) is 123 Å². The molecular formula is C30H47BrO3. The Kier molecular flexibility index (Phi) is 12.3. The molecule has 2 fully saturated rings. The zero-order valence-corrected chi connectivity index (χ0v) is 23.3. The van der Waals surface area contributed by atoms with Crippen LogP contribution in [0.3, 0.4) is 0 Å². The molecule has 0 bridgehead atoms. The molecule has 34 heavy (non-hydrogen) atoms. The molecule has 0 saturated heterocycles. The van der Waals surface area contributed by atoms with Crippen LogP contribution in [-0.4, -0.2) is 18.7 Å². The zero-order chi connectivity index (χ0) is 24.2. The van der Waals surface area contributed by atoms with Crippen LogP contribution in [0, 0.1) is 17.8 Å². The highest BCUT2D eigenvalue weighted by Gasteiger charge is 2.32. The number of carbonyl (C=O) groups is 1. The SMILES string of the molecule is CCCCCCCOc1ccc(C(=O)OC2CCC(C3CCC(CCCC)CC3)CC2)cc1Br. The molecule has 2 saturated carbocycles. The molecule has 192 valence electrons. The molecule has 0 aromatic heterocycles. The number of benzene rings is 1. The third kappa shape index (κ3) is 8.88. The average molecular weight is 536 g/mol. The van der Waals surface area contributed by atoms with Crippen LogP contribution in [0.1, 0.15) is 127 Å². The third-order valence-electron chi connectivity index (χ3n) is 8.19. The largest absolute Gasteiger partial charge is 0.492 e. The van der Waals surface area contributed by atoms with E-state index in [2.05, 4.69) is 29.8 Å².